The van der Waals surface area contributed by atoms with Gasteiger partial charge in [0.15, 0.2) is 0 Å². The summed E-state index contributed by atoms with van der Waals surface area (Å²) in [6.07, 6.45) is 0. The van der Waals surface area contributed by atoms with E-state index in [4.69, 9.17) is 0 Å². The maximum absolute atomic E-state index is 12.5. The Balaban J connectivity index is 2.16. The zero-order chi connectivity index (χ0) is 14.7. The average Bonchev–Trinajstić information content (AvgIpc) is 2.76. The molecule has 0 aliphatic carbocycles. The van der Waals surface area contributed by atoms with Crippen molar-refractivity contribution in [3.63, 3.8) is 0 Å². The van der Waals surface area contributed by atoms with E-state index in [0.717, 1.165) is 12.2 Å². The predicted molar refractivity (Wildman–Crippen MR) is 77.8 cm³/mol. The Kier molecular flexibility index (Phi) is 4.72. The lowest BCUT2D eigenvalue weighted by Gasteiger charge is -2.22. The Morgan fingerprint density at radius 2 is 2.15 bits per heavy atom. The van der Waals surface area contributed by atoms with Crippen LogP contribution in [0.5, 0.6) is 0 Å². The van der Waals surface area contributed by atoms with Crippen LogP contribution in [0.2, 0.25) is 0 Å². The fourth-order valence-electron chi connectivity index (χ4n) is 2.38. The van der Waals surface area contributed by atoms with Crippen molar-refractivity contribution in [2.24, 2.45) is 5.92 Å². The zero-order valence-electron chi connectivity index (χ0n) is 12.0. The van der Waals surface area contributed by atoms with E-state index in [1.807, 2.05) is 14.0 Å². The molecule has 1 saturated heterocycles. The Labute approximate surface area is 122 Å². The minimum Gasteiger partial charge on any atom is -0.359 e. The standard InChI is InChI=1S/C13H20N4O2S/c1-9-11(20-8-15-9)13(19)17-5-4-16(3)6-10(7-17)12(18)14-2/h8,10H,4-7H2,1-3H3,(H,14,18)/t10-/m1/s1. The number of nitrogens with one attached hydrogen (secondary N) is 1. The van der Waals surface area contributed by atoms with Crippen molar-refractivity contribution in [1.29, 1.82) is 0 Å². The predicted octanol–water partition coefficient (Wildman–Crippen LogP) is 0.201. The first kappa shape index (κ1) is 14.9. The number of hydrogen-bond acceptors (Lipinski definition) is 5. The third kappa shape index (κ3) is 3.16. The zero-order valence-corrected chi connectivity index (χ0v) is 12.9. The molecule has 0 radical (unpaired) electrons. The third-order valence-corrected chi connectivity index (χ3v) is 4.49. The van der Waals surface area contributed by atoms with Gasteiger partial charge in [-0.1, -0.05) is 0 Å². The van der Waals surface area contributed by atoms with Gasteiger partial charge in [0.05, 0.1) is 17.1 Å². The van der Waals surface area contributed by atoms with Crippen molar-refractivity contribution in [3.05, 3.63) is 16.1 Å². The molecule has 1 aliphatic heterocycles. The molecule has 20 heavy (non-hydrogen) atoms. The van der Waals surface area contributed by atoms with Crippen LogP contribution in [0.15, 0.2) is 5.51 Å². The Bertz CT molecular complexity index is 502. The summed E-state index contributed by atoms with van der Waals surface area (Å²) in [5.74, 6) is -0.226. The smallest absolute Gasteiger partial charge is 0.265 e. The van der Waals surface area contributed by atoms with Crippen molar-refractivity contribution in [1.82, 2.24) is 20.1 Å². The average molecular weight is 296 g/mol. The minimum atomic E-state index is -0.190. The quantitative estimate of drug-likeness (QED) is 0.847. The van der Waals surface area contributed by atoms with Crippen LogP contribution < -0.4 is 5.32 Å². The maximum atomic E-state index is 12.5. The number of likely N-dealkylation sites (N-methyl/N-ethyl adjacent to an activating group) is 1. The highest BCUT2D eigenvalue weighted by molar-refractivity contribution is 7.11. The molecule has 0 saturated carbocycles. The summed E-state index contributed by atoms with van der Waals surface area (Å²) in [6, 6.07) is 0. The van der Waals surface area contributed by atoms with Gasteiger partial charge in [0.25, 0.3) is 5.91 Å². The van der Waals surface area contributed by atoms with Gasteiger partial charge in [-0.15, -0.1) is 11.3 Å². The minimum absolute atomic E-state index is 0.0161. The topological polar surface area (TPSA) is 65.5 Å². The van der Waals surface area contributed by atoms with E-state index < -0.39 is 0 Å². The van der Waals surface area contributed by atoms with Gasteiger partial charge < -0.3 is 15.1 Å². The number of carbonyl (C=O) groups is 2. The molecule has 1 fully saturated rings. The fraction of sp³-hybridized carbons (Fsp3) is 0.615. The number of aryl methyl sites for hydroxylation is 1. The normalized spacial score (nSPS) is 20.6. The van der Waals surface area contributed by atoms with E-state index >= 15 is 0 Å². The second-order valence-electron chi connectivity index (χ2n) is 5.09. The molecular weight excluding hydrogens is 276 g/mol. The second kappa shape index (κ2) is 6.32. The molecule has 7 heteroatoms. The molecule has 0 spiro atoms. The Hall–Kier alpha value is -1.47. The number of nitrogens with zero attached hydrogens (tertiary/aromatic N) is 3. The summed E-state index contributed by atoms with van der Waals surface area (Å²) in [5, 5.41) is 2.68. The van der Waals surface area contributed by atoms with E-state index in [-0.39, 0.29) is 17.7 Å². The molecule has 1 atom stereocenters. The molecule has 2 heterocycles. The molecule has 1 N–H and O–H groups in total. The van der Waals surface area contributed by atoms with Gasteiger partial charge >= 0.3 is 0 Å². The van der Waals surface area contributed by atoms with Gasteiger partial charge in [0, 0.05) is 33.2 Å². The van der Waals surface area contributed by atoms with Crippen LogP contribution in [0, 0.1) is 12.8 Å². The van der Waals surface area contributed by atoms with Gasteiger partial charge in [-0.3, -0.25) is 9.59 Å². The number of rotatable bonds is 2. The number of carbonyl (C=O) groups excluding carboxylic acids is 2. The van der Waals surface area contributed by atoms with Crippen molar-refractivity contribution in [2.75, 3.05) is 40.3 Å². The van der Waals surface area contributed by atoms with Gasteiger partial charge in [-0.05, 0) is 14.0 Å². The molecule has 0 bridgehead atoms. The van der Waals surface area contributed by atoms with E-state index in [1.54, 1.807) is 17.5 Å². The highest BCUT2D eigenvalue weighted by Crippen LogP contribution is 2.18. The lowest BCUT2D eigenvalue weighted by Crippen LogP contribution is -2.41. The number of thiazole rings is 1. The second-order valence-corrected chi connectivity index (χ2v) is 5.95. The van der Waals surface area contributed by atoms with Crippen LogP contribution in [0.25, 0.3) is 0 Å². The lowest BCUT2D eigenvalue weighted by molar-refractivity contribution is -0.125. The van der Waals surface area contributed by atoms with E-state index in [1.165, 1.54) is 11.3 Å². The summed E-state index contributed by atoms with van der Waals surface area (Å²) < 4.78 is 0. The number of hydrogen-bond donors (Lipinski definition) is 1. The van der Waals surface area contributed by atoms with E-state index in [2.05, 4.69) is 15.2 Å². The molecule has 0 unspecified atom stereocenters. The van der Waals surface area contributed by atoms with Crippen molar-refractivity contribution < 1.29 is 9.59 Å². The summed E-state index contributed by atoms with van der Waals surface area (Å²) in [6.45, 7) is 4.38. The summed E-state index contributed by atoms with van der Waals surface area (Å²) in [4.78, 5) is 33.1. The molecule has 1 aromatic rings. The Morgan fingerprint density at radius 1 is 1.40 bits per heavy atom. The van der Waals surface area contributed by atoms with Crippen molar-refractivity contribution >= 4 is 23.2 Å². The van der Waals surface area contributed by atoms with E-state index in [0.29, 0.717) is 24.5 Å². The van der Waals surface area contributed by atoms with Gasteiger partial charge in [0.2, 0.25) is 5.91 Å². The Morgan fingerprint density at radius 3 is 2.75 bits per heavy atom. The lowest BCUT2D eigenvalue weighted by atomic mass is 10.1. The third-order valence-electron chi connectivity index (χ3n) is 3.57. The maximum Gasteiger partial charge on any atom is 0.265 e. The first-order valence-electron chi connectivity index (χ1n) is 6.62. The number of aromatic nitrogens is 1. The molecule has 110 valence electrons. The first-order chi connectivity index (χ1) is 9.52. The van der Waals surface area contributed by atoms with Gasteiger partial charge in [-0.25, -0.2) is 4.98 Å². The van der Waals surface area contributed by atoms with Crippen LogP contribution in [0.1, 0.15) is 15.4 Å². The SMILES string of the molecule is CNC(=O)[C@@H]1CN(C)CCN(C(=O)c2scnc2C)C1. The van der Waals surface area contributed by atoms with Crippen LogP contribution in [0.3, 0.4) is 0 Å². The van der Waals surface area contributed by atoms with Gasteiger partial charge in [-0.2, -0.15) is 0 Å². The largest absolute Gasteiger partial charge is 0.359 e. The van der Waals surface area contributed by atoms with Crippen molar-refractivity contribution in [2.45, 2.75) is 6.92 Å². The molecule has 2 amide bonds. The molecular formula is C13H20N4O2S. The molecule has 0 aromatic carbocycles. The first-order valence-corrected chi connectivity index (χ1v) is 7.50. The molecule has 1 aliphatic rings. The van der Waals surface area contributed by atoms with Crippen LogP contribution in [-0.4, -0.2) is 66.9 Å². The summed E-state index contributed by atoms with van der Waals surface area (Å²) in [5.41, 5.74) is 2.44. The molecule has 6 nitrogen and oxygen atoms in total. The highest BCUT2D eigenvalue weighted by Gasteiger charge is 2.29. The fourth-order valence-corrected chi connectivity index (χ4v) is 3.15. The van der Waals surface area contributed by atoms with Crippen LogP contribution in [-0.2, 0) is 4.79 Å². The van der Waals surface area contributed by atoms with E-state index in [9.17, 15) is 9.59 Å². The number of amides is 2. The van der Waals surface area contributed by atoms with Crippen LogP contribution >= 0.6 is 11.3 Å². The van der Waals surface area contributed by atoms with Crippen molar-refractivity contribution in [3.8, 4) is 0 Å². The molecule has 1 aromatic heterocycles. The van der Waals surface area contributed by atoms with Gasteiger partial charge in [0.1, 0.15) is 4.88 Å². The summed E-state index contributed by atoms with van der Waals surface area (Å²) >= 11 is 1.36. The summed E-state index contributed by atoms with van der Waals surface area (Å²) in [7, 11) is 3.61. The highest BCUT2D eigenvalue weighted by atomic mass is 32.1. The monoisotopic (exact) mass is 296 g/mol. The molecule has 2 rings (SSSR count). The van der Waals surface area contributed by atoms with Crippen LogP contribution in [0.4, 0.5) is 0 Å².